The molecular formula is C14H11N4O3S-. The Kier molecular flexibility index (Phi) is 4.99. The molecule has 22 heavy (non-hydrogen) atoms. The van der Waals surface area contributed by atoms with E-state index in [2.05, 4.69) is 15.8 Å². The second kappa shape index (κ2) is 7.14. The van der Waals surface area contributed by atoms with Gasteiger partial charge in [-0.3, -0.25) is 15.5 Å². The first-order chi connectivity index (χ1) is 10.6. The summed E-state index contributed by atoms with van der Waals surface area (Å²) in [6.07, 6.45) is 1.19. The Labute approximate surface area is 131 Å². The van der Waals surface area contributed by atoms with Crippen molar-refractivity contribution >= 4 is 34.9 Å². The number of hydrogen-bond donors (Lipinski definition) is 2. The first kappa shape index (κ1) is 15.4. The van der Waals surface area contributed by atoms with Crippen molar-refractivity contribution in [2.45, 2.75) is 0 Å². The molecule has 8 heteroatoms. The van der Waals surface area contributed by atoms with Crippen molar-refractivity contribution < 1.29 is 10.0 Å². The van der Waals surface area contributed by atoms with E-state index in [1.165, 1.54) is 6.21 Å². The molecule has 2 aromatic rings. The van der Waals surface area contributed by atoms with E-state index in [0.29, 0.717) is 0 Å². The maximum absolute atomic E-state index is 11.6. The molecule has 112 valence electrons. The van der Waals surface area contributed by atoms with Gasteiger partial charge in [-0.15, -0.1) is 0 Å². The molecular weight excluding hydrogens is 304 g/mol. The number of non-ortho nitro benzene ring substituents is 1. The smallest absolute Gasteiger partial charge is 0.270 e. The molecule has 2 rings (SSSR count). The highest BCUT2D eigenvalue weighted by atomic mass is 32.1. The molecule has 0 saturated heterocycles. The monoisotopic (exact) mass is 315 g/mol. The third-order valence-electron chi connectivity index (χ3n) is 2.61. The van der Waals surface area contributed by atoms with Gasteiger partial charge < -0.3 is 10.4 Å². The van der Waals surface area contributed by atoms with Crippen molar-refractivity contribution in [1.82, 2.24) is 5.43 Å². The standard InChI is InChI=1S/C14H12N4O3S/c19-13-7-6-12(18(20)21)8-10(13)9-15-17-14(22)16-11-4-2-1-3-5-11/h1-9,19H,(H2,16,17,22)/p-1/b15-9-. The lowest BCUT2D eigenvalue weighted by atomic mass is 10.2. The SMILES string of the molecule is O=[N+]([O-])c1ccc([O-])c(/C=N\NC(=S)Nc2ccccc2)c1. The topological polar surface area (TPSA) is 103 Å². The van der Waals surface area contributed by atoms with Crippen LogP contribution in [0.3, 0.4) is 0 Å². The van der Waals surface area contributed by atoms with Crippen LogP contribution in [-0.2, 0) is 0 Å². The Morgan fingerprint density at radius 1 is 1.23 bits per heavy atom. The molecule has 0 aliphatic heterocycles. The van der Waals surface area contributed by atoms with E-state index in [1.54, 1.807) is 0 Å². The summed E-state index contributed by atoms with van der Waals surface area (Å²) in [5.41, 5.74) is 3.25. The Balaban J connectivity index is 1.99. The molecule has 7 nitrogen and oxygen atoms in total. The Morgan fingerprint density at radius 3 is 2.64 bits per heavy atom. The second-order valence-electron chi connectivity index (χ2n) is 4.17. The van der Waals surface area contributed by atoms with Crippen molar-refractivity contribution in [2.24, 2.45) is 5.10 Å². The van der Waals surface area contributed by atoms with Crippen LogP contribution in [0.1, 0.15) is 5.56 Å². The molecule has 0 amide bonds. The van der Waals surface area contributed by atoms with Gasteiger partial charge in [0.1, 0.15) is 0 Å². The molecule has 0 aliphatic carbocycles. The largest absolute Gasteiger partial charge is 0.872 e. The van der Waals surface area contributed by atoms with Gasteiger partial charge in [-0.1, -0.05) is 30.0 Å². The zero-order valence-corrected chi connectivity index (χ0v) is 12.0. The summed E-state index contributed by atoms with van der Waals surface area (Å²) >= 11 is 5.03. The van der Waals surface area contributed by atoms with Crippen LogP contribution in [0.15, 0.2) is 53.6 Å². The zero-order chi connectivity index (χ0) is 15.9. The summed E-state index contributed by atoms with van der Waals surface area (Å²) in [6, 6.07) is 12.7. The summed E-state index contributed by atoms with van der Waals surface area (Å²) in [4.78, 5) is 10.1. The van der Waals surface area contributed by atoms with Crippen LogP contribution in [-0.4, -0.2) is 16.3 Å². The fourth-order valence-corrected chi connectivity index (χ4v) is 1.76. The number of rotatable bonds is 4. The van der Waals surface area contributed by atoms with Crippen LogP contribution < -0.4 is 15.8 Å². The van der Waals surface area contributed by atoms with Crippen LogP contribution in [0.2, 0.25) is 0 Å². The minimum absolute atomic E-state index is 0.101. The third-order valence-corrected chi connectivity index (χ3v) is 2.80. The number of para-hydroxylation sites is 1. The predicted molar refractivity (Wildman–Crippen MR) is 85.9 cm³/mol. The Hall–Kier alpha value is -3.00. The molecule has 0 heterocycles. The van der Waals surface area contributed by atoms with E-state index in [-0.39, 0.29) is 22.1 Å². The second-order valence-corrected chi connectivity index (χ2v) is 4.58. The summed E-state index contributed by atoms with van der Waals surface area (Å²) in [5.74, 6) is -0.363. The minimum Gasteiger partial charge on any atom is -0.872 e. The molecule has 0 radical (unpaired) electrons. The lowest BCUT2D eigenvalue weighted by Crippen LogP contribution is -2.23. The fraction of sp³-hybridized carbons (Fsp3) is 0. The number of thiocarbonyl (C=S) groups is 1. The minimum atomic E-state index is -0.578. The van der Waals surface area contributed by atoms with Crippen molar-refractivity contribution in [3.8, 4) is 5.75 Å². The molecule has 0 unspecified atom stereocenters. The number of benzene rings is 2. The highest BCUT2D eigenvalue weighted by Gasteiger charge is 2.05. The van der Waals surface area contributed by atoms with Gasteiger partial charge in [0.25, 0.3) is 5.69 Å². The van der Waals surface area contributed by atoms with Crippen molar-refractivity contribution in [1.29, 1.82) is 0 Å². The van der Waals surface area contributed by atoms with Crippen LogP contribution >= 0.6 is 12.2 Å². The number of hydrazone groups is 1. The van der Waals surface area contributed by atoms with E-state index in [9.17, 15) is 15.2 Å². The van der Waals surface area contributed by atoms with Crippen LogP contribution in [0, 0.1) is 10.1 Å². The van der Waals surface area contributed by atoms with Crippen molar-refractivity contribution in [3.63, 3.8) is 0 Å². The Morgan fingerprint density at radius 2 is 1.95 bits per heavy atom. The maximum atomic E-state index is 11.6. The lowest BCUT2D eigenvalue weighted by molar-refractivity contribution is -0.385. The average molecular weight is 315 g/mol. The fourth-order valence-electron chi connectivity index (χ4n) is 1.59. The molecule has 0 aliphatic rings. The average Bonchev–Trinajstić information content (AvgIpc) is 2.50. The van der Waals surface area contributed by atoms with Gasteiger partial charge in [0, 0.05) is 17.8 Å². The van der Waals surface area contributed by atoms with E-state index < -0.39 is 4.92 Å². The van der Waals surface area contributed by atoms with Gasteiger partial charge in [0.05, 0.1) is 11.1 Å². The van der Waals surface area contributed by atoms with E-state index in [4.69, 9.17) is 12.2 Å². The van der Waals surface area contributed by atoms with Crippen LogP contribution in [0.4, 0.5) is 11.4 Å². The number of hydrogen-bond acceptors (Lipinski definition) is 5. The summed E-state index contributed by atoms with van der Waals surface area (Å²) in [6.45, 7) is 0. The van der Waals surface area contributed by atoms with Gasteiger partial charge in [0.15, 0.2) is 5.11 Å². The molecule has 0 bridgehead atoms. The van der Waals surface area contributed by atoms with Crippen LogP contribution in [0.5, 0.6) is 5.75 Å². The number of nitro groups is 1. The molecule has 0 atom stereocenters. The summed E-state index contributed by atoms with van der Waals surface area (Å²) in [5, 5.41) is 29.2. The van der Waals surface area contributed by atoms with Gasteiger partial charge >= 0.3 is 0 Å². The quantitative estimate of drug-likeness (QED) is 0.387. The highest BCUT2D eigenvalue weighted by Crippen LogP contribution is 2.18. The zero-order valence-electron chi connectivity index (χ0n) is 11.2. The first-order valence-corrected chi connectivity index (χ1v) is 6.57. The molecule has 0 aromatic heterocycles. The normalized spacial score (nSPS) is 10.4. The molecule has 0 saturated carbocycles. The maximum Gasteiger partial charge on any atom is 0.270 e. The van der Waals surface area contributed by atoms with Gasteiger partial charge in [-0.2, -0.15) is 5.10 Å². The number of nitrogens with one attached hydrogen (secondary N) is 2. The first-order valence-electron chi connectivity index (χ1n) is 6.17. The number of anilines is 1. The lowest BCUT2D eigenvalue weighted by Gasteiger charge is -2.09. The van der Waals surface area contributed by atoms with Crippen molar-refractivity contribution in [2.75, 3.05) is 5.32 Å². The molecule has 2 N–H and O–H groups in total. The highest BCUT2D eigenvalue weighted by molar-refractivity contribution is 7.80. The van der Waals surface area contributed by atoms with Gasteiger partial charge in [-0.25, -0.2) is 0 Å². The van der Waals surface area contributed by atoms with E-state index in [1.807, 2.05) is 30.3 Å². The predicted octanol–water partition coefficient (Wildman–Crippen LogP) is 1.99. The van der Waals surface area contributed by atoms with Gasteiger partial charge in [-0.05, 0) is 29.9 Å². The van der Waals surface area contributed by atoms with Crippen molar-refractivity contribution in [3.05, 3.63) is 64.2 Å². The number of nitrogens with zero attached hydrogens (tertiary/aromatic N) is 2. The van der Waals surface area contributed by atoms with E-state index in [0.717, 1.165) is 23.9 Å². The van der Waals surface area contributed by atoms with Crippen LogP contribution in [0.25, 0.3) is 0 Å². The summed E-state index contributed by atoms with van der Waals surface area (Å²) in [7, 11) is 0. The molecule has 0 fully saturated rings. The third kappa shape index (κ3) is 4.25. The van der Waals surface area contributed by atoms with E-state index >= 15 is 0 Å². The number of nitro benzene ring substituents is 1. The molecule has 2 aromatic carbocycles. The summed E-state index contributed by atoms with van der Waals surface area (Å²) < 4.78 is 0. The van der Waals surface area contributed by atoms with Gasteiger partial charge in [0.2, 0.25) is 0 Å². The molecule has 0 spiro atoms. The Bertz CT molecular complexity index is 719.